The van der Waals surface area contributed by atoms with E-state index in [-0.39, 0.29) is 5.82 Å². The van der Waals surface area contributed by atoms with Crippen LogP contribution in [0.15, 0.2) is 83.2 Å². The van der Waals surface area contributed by atoms with E-state index < -0.39 is 10.0 Å². The number of hydrogen-bond acceptors (Lipinski definition) is 3. The Balaban J connectivity index is 1.58. The van der Waals surface area contributed by atoms with Gasteiger partial charge in [-0.15, -0.1) is 0 Å². The van der Waals surface area contributed by atoms with Gasteiger partial charge in [-0.05, 0) is 54.0 Å². The maximum absolute atomic E-state index is 13.5. The van der Waals surface area contributed by atoms with Crippen LogP contribution in [0.25, 0.3) is 6.08 Å². The minimum atomic E-state index is -3.67. The van der Waals surface area contributed by atoms with Crippen LogP contribution in [0.4, 0.5) is 10.1 Å². The highest BCUT2D eigenvalue weighted by molar-refractivity contribution is 7.95. The Morgan fingerprint density at radius 1 is 0.966 bits per heavy atom. The summed E-state index contributed by atoms with van der Waals surface area (Å²) in [5, 5.41) is 1.14. The van der Waals surface area contributed by atoms with Crippen molar-refractivity contribution in [3.8, 4) is 0 Å². The van der Waals surface area contributed by atoms with Gasteiger partial charge < -0.3 is 0 Å². The number of fused-ring (bicyclic) bond motifs is 1. The van der Waals surface area contributed by atoms with Crippen molar-refractivity contribution in [1.29, 1.82) is 0 Å². The molecule has 0 amide bonds. The predicted molar refractivity (Wildman–Crippen MR) is 115 cm³/mol. The lowest BCUT2D eigenvalue weighted by Gasteiger charge is -2.18. The van der Waals surface area contributed by atoms with Gasteiger partial charge >= 0.3 is 0 Å². The molecule has 0 atom stereocenters. The number of nitrogens with zero attached hydrogens (tertiary/aromatic N) is 1. The Morgan fingerprint density at radius 3 is 2.62 bits per heavy atom. The molecule has 0 bridgehead atoms. The van der Waals surface area contributed by atoms with Crippen molar-refractivity contribution in [2.75, 3.05) is 11.3 Å². The minimum Gasteiger partial charge on any atom is -0.284 e. The molecule has 3 aromatic carbocycles. The van der Waals surface area contributed by atoms with E-state index in [1.807, 2.05) is 36.4 Å². The first-order valence-corrected chi connectivity index (χ1v) is 10.7. The molecule has 146 valence electrons. The maximum atomic E-state index is 13.5. The van der Waals surface area contributed by atoms with Gasteiger partial charge in [0.15, 0.2) is 0 Å². The van der Waals surface area contributed by atoms with E-state index in [9.17, 15) is 12.8 Å². The second-order valence-electron chi connectivity index (χ2n) is 6.72. The summed E-state index contributed by atoms with van der Waals surface area (Å²) in [6, 6.07) is 21.0. The molecule has 1 aliphatic heterocycles. The van der Waals surface area contributed by atoms with E-state index in [2.05, 4.69) is 9.71 Å². The van der Waals surface area contributed by atoms with Gasteiger partial charge in [-0.1, -0.05) is 42.5 Å². The molecule has 0 aliphatic carbocycles. The van der Waals surface area contributed by atoms with Crippen LogP contribution in [0.3, 0.4) is 0 Å². The van der Waals surface area contributed by atoms with Gasteiger partial charge in [-0.2, -0.15) is 0 Å². The molecule has 4 nitrogen and oxygen atoms in total. The molecular weight excluding hydrogens is 387 g/mol. The Morgan fingerprint density at radius 2 is 1.79 bits per heavy atom. The summed E-state index contributed by atoms with van der Waals surface area (Å²) in [6.07, 6.45) is 2.23. The highest BCUT2D eigenvalue weighted by Crippen LogP contribution is 2.23. The summed E-state index contributed by atoms with van der Waals surface area (Å²) in [5.41, 5.74) is 4.55. The second kappa shape index (κ2) is 8.01. The van der Waals surface area contributed by atoms with Crippen LogP contribution in [0.2, 0.25) is 0 Å². The smallest absolute Gasteiger partial charge is 0.255 e. The predicted octanol–water partition coefficient (Wildman–Crippen LogP) is 4.63. The van der Waals surface area contributed by atoms with Gasteiger partial charge in [-0.25, -0.2) is 12.8 Å². The fourth-order valence-corrected chi connectivity index (χ4v) is 4.14. The Labute approximate surface area is 169 Å². The SMILES string of the molecule is O=S(=O)(C=Cc1ccccc1)Nc1cccc(C2=NCCc3cc(F)ccc32)c1. The van der Waals surface area contributed by atoms with Crippen LogP contribution < -0.4 is 4.72 Å². The zero-order valence-corrected chi connectivity index (χ0v) is 16.4. The minimum absolute atomic E-state index is 0.267. The van der Waals surface area contributed by atoms with E-state index in [0.29, 0.717) is 18.7 Å². The molecule has 29 heavy (non-hydrogen) atoms. The Hall–Kier alpha value is -3.25. The third kappa shape index (κ3) is 4.60. The van der Waals surface area contributed by atoms with E-state index in [1.54, 1.807) is 30.3 Å². The number of aliphatic imine (C=N–C) groups is 1. The average Bonchev–Trinajstić information content (AvgIpc) is 2.72. The van der Waals surface area contributed by atoms with Gasteiger partial charge in [0, 0.05) is 23.4 Å². The fraction of sp³-hybridized carbons (Fsp3) is 0.0870. The molecule has 1 N–H and O–H groups in total. The lowest BCUT2D eigenvalue weighted by molar-refractivity contribution is 0.609. The zero-order valence-electron chi connectivity index (χ0n) is 15.5. The number of sulfonamides is 1. The third-order valence-electron chi connectivity index (χ3n) is 4.61. The highest BCUT2D eigenvalue weighted by atomic mass is 32.2. The summed E-state index contributed by atoms with van der Waals surface area (Å²) in [6.45, 7) is 0.571. The quantitative estimate of drug-likeness (QED) is 0.672. The van der Waals surface area contributed by atoms with Crippen molar-refractivity contribution >= 4 is 27.5 Å². The molecule has 0 radical (unpaired) electrons. The molecule has 6 heteroatoms. The summed E-state index contributed by atoms with van der Waals surface area (Å²) in [5.74, 6) is -0.267. The van der Waals surface area contributed by atoms with Crippen LogP contribution in [-0.4, -0.2) is 20.7 Å². The molecule has 0 spiro atoms. The topological polar surface area (TPSA) is 58.5 Å². The van der Waals surface area contributed by atoms with Gasteiger partial charge in [0.1, 0.15) is 5.82 Å². The molecule has 1 heterocycles. The van der Waals surface area contributed by atoms with Gasteiger partial charge in [0.25, 0.3) is 10.0 Å². The van der Waals surface area contributed by atoms with Crippen molar-refractivity contribution in [2.24, 2.45) is 4.99 Å². The lowest BCUT2D eigenvalue weighted by Crippen LogP contribution is -2.15. The van der Waals surface area contributed by atoms with E-state index in [0.717, 1.165) is 33.4 Å². The average molecular weight is 406 g/mol. The van der Waals surface area contributed by atoms with E-state index in [1.165, 1.54) is 12.1 Å². The number of anilines is 1. The molecule has 0 fully saturated rings. The zero-order chi connectivity index (χ0) is 20.3. The van der Waals surface area contributed by atoms with Crippen LogP contribution >= 0.6 is 0 Å². The largest absolute Gasteiger partial charge is 0.284 e. The van der Waals surface area contributed by atoms with Crippen LogP contribution in [-0.2, 0) is 16.4 Å². The number of hydrogen-bond donors (Lipinski definition) is 1. The number of benzene rings is 3. The molecule has 0 saturated carbocycles. The van der Waals surface area contributed by atoms with Gasteiger partial charge in [-0.3, -0.25) is 9.71 Å². The number of halogens is 1. The highest BCUT2D eigenvalue weighted by Gasteiger charge is 2.17. The summed E-state index contributed by atoms with van der Waals surface area (Å²) in [4.78, 5) is 4.59. The third-order valence-corrected chi connectivity index (χ3v) is 5.62. The molecule has 1 aliphatic rings. The van der Waals surface area contributed by atoms with E-state index >= 15 is 0 Å². The summed E-state index contributed by atoms with van der Waals surface area (Å²) >= 11 is 0. The first-order chi connectivity index (χ1) is 14.0. The normalized spacial score (nSPS) is 13.8. The van der Waals surface area contributed by atoms with Crippen LogP contribution in [0.1, 0.15) is 22.3 Å². The number of nitrogens with one attached hydrogen (secondary N) is 1. The standard InChI is InChI=1S/C23H19FN2O2S/c24-20-9-10-22-18(15-20)11-13-25-23(22)19-7-4-8-21(16-19)26-29(27,28)14-12-17-5-2-1-3-6-17/h1-10,12,14-16,26H,11,13H2. The van der Waals surface area contributed by atoms with Crippen LogP contribution in [0.5, 0.6) is 0 Å². The molecule has 3 aromatic rings. The second-order valence-corrected chi connectivity index (χ2v) is 8.29. The van der Waals surface area contributed by atoms with E-state index in [4.69, 9.17) is 0 Å². The van der Waals surface area contributed by atoms with Crippen molar-refractivity contribution in [3.63, 3.8) is 0 Å². The van der Waals surface area contributed by atoms with Crippen molar-refractivity contribution in [1.82, 2.24) is 0 Å². The first kappa shape index (κ1) is 19.1. The lowest BCUT2D eigenvalue weighted by atomic mass is 9.93. The van der Waals surface area contributed by atoms with Crippen molar-refractivity contribution in [2.45, 2.75) is 6.42 Å². The maximum Gasteiger partial charge on any atom is 0.255 e. The molecule has 0 aromatic heterocycles. The van der Waals surface area contributed by atoms with Gasteiger partial charge in [0.05, 0.1) is 11.1 Å². The monoisotopic (exact) mass is 406 g/mol. The van der Waals surface area contributed by atoms with Crippen molar-refractivity contribution < 1.29 is 12.8 Å². The van der Waals surface area contributed by atoms with Crippen molar-refractivity contribution in [3.05, 3.63) is 106 Å². The first-order valence-electron chi connectivity index (χ1n) is 9.20. The molecule has 4 rings (SSSR count). The summed E-state index contributed by atoms with van der Waals surface area (Å²) in [7, 11) is -3.67. The van der Waals surface area contributed by atoms with Crippen LogP contribution in [0, 0.1) is 5.82 Å². The molecule has 0 saturated heterocycles. The molecular formula is C23H19FN2O2S. The number of rotatable bonds is 5. The fourth-order valence-electron chi connectivity index (χ4n) is 3.28. The Kier molecular flexibility index (Phi) is 5.27. The Bertz CT molecular complexity index is 1200. The van der Waals surface area contributed by atoms with Gasteiger partial charge in [0.2, 0.25) is 0 Å². The summed E-state index contributed by atoms with van der Waals surface area (Å²) < 4.78 is 41.0. The molecule has 0 unspecified atom stereocenters.